The summed E-state index contributed by atoms with van der Waals surface area (Å²) >= 11 is 5.94. The predicted octanol–water partition coefficient (Wildman–Crippen LogP) is 2.13. The summed E-state index contributed by atoms with van der Waals surface area (Å²) in [5, 5.41) is 0.586. The number of aromatic nitrogens is 2. The van der Waals surface area contributed by atoms with Crippen LogP contribution >= 0.6 is 11.6 Å². The van der Waals surface area contributed by atoms with Crippen molar-refractivity contribution in [2.24, 2.45) is 0 Å². The minimum atomic E-state index is -0.335. The maximum atomic E-state index is 12.5. The van der Waals surface area contributed by atoms with Gasteiger partial charge in [-0.25, -0.2) is 9.78 Å². The Kier molecular flexibility index (Phi) is 4.38. The molecule has 0 radical (unpaired) electrons. The number of imidazole rings is 1. The summed E-state index contributed by atoms with van der Waals surface area (Å²) in [5.41, 5.74) is 1.42. The third-order valence-electron chi connectivity index (χ3n) is 3.74. The van der Waals surface area contributed by atoms with E-state index in [1.807, 2.05) is 0 Å². The van der Waals surface area contributed by atoms with Crippen LogP contribution in [0.5, 0.6) is 0 Å². The van der Waals surface area contributed by atoms with Crippen LogP contribution in [0.2, 0.25) is 5.02 Å². The Bertz CT molecular complexity index is 737. The molecule has 0 aliphatic carbocycles. The molecule has 1 aliphatic heterocycles. The van der Waals surface area contributed by atoms with Crippen LogP contribution in [0, 0.1) is 0 Å². The first kappa shape index (κ1) is 15.6. The SMILES string of the molecule is CCOC(=O)N1CCN(C(=O)c2nc3ccc(Cl)cc3[nH]2)CC1. The number of hydrogen-bond acceptors (Lipinski definition) is 4. The molecule has 1 aromatic carbocycles. The number of piperazine rings is 1. The number of rotatable bonds is 2. The van der Waals surface area contributed by atoms with Crippen LogP contribution < -0.4 is 0 Å². The minimum absolute atomic E-state index is 0.180. The van der Waals surface area contributed by atoms with Gasteiger partial charge < -0.3 is 19.5 Å². The van der Waals surface area contributed by atoms with Crippen LogP contribution in [0.4, 0.5) is 4.79 Å². The van der Waals surface area contributed by atoms with Crippen molar-refractivity contribution in [1.82, 2.24) is 19.8 Å². The summed E-state index contributed by atoms with van der Waals surface area (Å²) in [6.45, 7) is 3.93. The third kappa shape index (κ3) is 3.24. The molecule has 2 heterocycles. The molecular formula is C15H17ClN4O3. The van der Waals surface area contributed by atoms with Gasteiger partial charge in [0, 0.05) is 31.2 Å². The Labute approximate surface area is 138 Å². The van der Waals surface area contributed by atoms with Crippen molar-refractivity contribution in [2.45, 2.75) is 6.92 Å². The second-order valence-corrected chi connectivity index (χ2v) is 5.66. The highest BCUT2D eigenvalue weighted by atomic mass is 35.5. The maximum absolute atomic E-state index is 12.5. The summed E-state index contributed by atoms with van der Waals surface area (Å²) in [5.74, 6) is 0.104. The van der Waals surface area contributed by atoms with E-state index in [1.54, 1.807) is 34.9 Å². The smallest absolute Gasteiger partial charge is 0.409 e. The Morgan fingerprint density at radius 2 is 1.96 bits per heavy atom. The molecule has 0 bridgehead atoms. The van der Waals surface area contributed by atoms with Crippen LogP contribution in [-0.4, -0.2) is 64.6 Å². The number of ether oxygens (including phenoxy) is 1. The molecule has 1 N–H and O–H groups in total. The lowest BCUT2D eigenvalue weighted by molar-refractivity contribution is 0.0562. The van der Waals surface area contributed by atoms with Crippen LogP contribution in [-0.2, 0) is 4.74 Å². The molecule has 1 fully saturated rings. The standard InChI is InChI=1S/C15H17ClN4O3/c1-2-23-15(22)20-7-5-19(6-8-20)14(21)13-17-11-4-3-10(16)9-12(11)18-13/h3-4,9H,2,5-8H2,1H3,(H,17,18). The molecule has 8 heteroatoms. The topological polar surface area (TPSA) is 78.5 Å². The zero-order chi connectivity index (χ0) is 16.4. The monoisotopic (exact) mass is 336 g/mol. The molecule has 0 atom stereocenters. The van der Waals surface area contributed by atoms with Gasteiger partial charge in [0.25, 0.3) is 5.91 Å². The van der Waals surface area contributed by atoms with Gasteiger partial charge in [0.1, 0.15) is 0 Å². The van der Waals surface area contributed by atoms with Gasteiger partial charge in [0.15, 0.2) is 5.82 Å². The van der Waals surface area contributed by atoms with Crippen molar-refractivity contribution in [3.8, 4) is 0 Å². The fraction of sp³-hybridized carbons (Fsp3) is 0.400. The number of halogens is 1. The number of benzene rings is 1. The van der Waals surface area contributed by atoms with Gasteiger partial charge in [-0.15, -0.1) is 0 Å². The first-order chi connectivity index (χ1) is 11.1. The van der Waals surface area contributed by atoms with E-state index < -0.39 is 0 Å². The number of carbonyl (C=O) groups excluding carboxylic acids is 2. The summed E-state index contributed by atoms with van der Waals surface area (Å²) in [6.07, 6.45) is -0.335. The Morgan fingerprint density at radius 1 is 1.26 bits per heavy atom. The first-order valence-electron chi connectivity index (χ1n) is 7.44. The molecule has 3 rings (SSSR count). The van der Waals surface area contributed by atoms with E-state index in [0.717, 1.165) is 5.52 Å². The summed E-state index contributed by atoms with van der Waals surface area (Å²) in [4.78, 5) is 34.8. The van der Waals surface area contributed by atoms with Gasteiger partial charge in [-0.2, -0.15) is 0 Å². The number of aromatic amines is 1. The van der Waals surface area contributed by atoms with Crippen molar-refractivity contribution >= 4 is 34.6 Å². The van der Waals surface area contributed by atoms with Crippen molar-refractivity contribution in [2.75, 3.05) is 32.8 Å². The van der Waals surface area contributed by atoms with Crippen molar-refractivity contribution < 1.29 is 14.3 Å². The molecule has 122 valence electrons. The number of fused-ring (bicyclic) bond motifs is 1. The van der Waals surface area contributed by atoms with Gasteiger partial charge in [-0.3, -0.25) is 4.79 Å². The highest BCUT2D eigenvalue weighted by molar-refractivity contribution is 6.31. The largest absolute Gasteiger partial charge is 0.450 e. The lowest BCUT2D eigenvalue weighted by Crippen LogP contribution is -2.50. The number of hydrogen-bond donors (Lipinski definition) is 1. The zero-order valence-electron chi connectivity index (χ0n) is 12.7. The quantitative estimate of drug-likeness (QED) is 0.911. The van der Waals surface area contributed by atoms with E-state index in [1.165, 1.54) is 0 Å². The van der Waals surface area contributed by atoms with E-state index in [0.29, 0.717) is 43.3 Å². The van der Waals surface area contributed by atoms with Crippen LogP contribution in [0.1, 0.15) is 17.5 Å². The lowest BCUT2D eigenvalue weighted by Gasteiger charge is -2.33. The van der Waals surface area contributed by atoms with Crippen molar-refractivity contribution in [1.29, 1.82) is 0 Å². The molecule has 0 saturated carbocycles. The van der Waals surface area contributed by atoms with E-state index in [-0.39, 0.29) is 17.8 Å². The molecule has 7 nitrogen and oxygen atoms in total. The van der Waals surface area contributed by atoms with Crippen molar-refractivity contribution in [3.63, 3.8) is 0 Å². The molecular weight excluding hydrogens is 320 g/mol. The van der Waals surface area contributed by atoms with E-state index in [9.17, 15) is 9.59 Å². The molecule has 0 spiro atoms. The van der Waals surface area contributed by atoms with Crippen LogP contribution in [0.3, 0.4) is 0 Å². The number of nitrogens with one attached hydrogen (secondary N) is 1. The van der Waals surface area contributed by atoms with Gasteiger partial charge in [-0.05, 0) is 25.1 Å². The third-order valence-corrected chi connectivity index (χ3v) is 3.97. The van der Waals surface area contributed by atoms with Gasteiger partial charge in [-0.1, -0.05) is 11.6 Å². The van der Waals surface area contributed by atoms with Gasteiger partial charge in [0.2, 0.25) is 0 Å². The van der Waals surface area contributed by atoms with E-state index in [4.69, 9.17) is 16.3 Å². The van der Waals surface area contributed by atoms with E-state index >= 15 is 0 Å². The number of nitrogens with zero attached hydrogens (tertiary/aromatic N) is 3. The summed E-state index contributed by atoms with van der Waals surface area (Å²) in [7, 11) is 0. The van der Waals surface area contributed by atoms with Crippen LogP contribution in [0.25, 0.3) is 11.0 Å². The first-order valence-corrected chi connectivity index (χ1v) is 7.82. The molecule has 1 aromatic heterocycles. The Balaban J connectivity index is 1.67. The molecule has 2 amide bonds. The fourth-order valence-corrected chi connectivity index (χ4v) is 2.71. The van der Waals surface area contributed by atoms with Gasteiger partial charge in [0.05, 0.1) is 17.6 Å². The van der Waals surface area contributed by atoms with Crippen LogP contribution in [0.15, 0.2) is 18.2 Å². The van der Waals surface area contributed by atoms with Gasteiger partial charge >= 0.3 is 6.09 Å². The highest BCUT2D eigenvalue weighted by Crippen LogP contribution is 2.18. The number of amides is 2. The molecule has 2 aromatic rings. The second-order valence-electron chi connectivity index (χ2n) is 5.23. The molecule has 23 heavy (non-hydrogen) atoms. The Morgan fingerprint density at radius 3 is 2.65 bits per heavy atom. The van der Waals surface area contributed by atoms with E-state index in [2.05, 4.69) is 9.97 Å². The zero-order valence-corrected chi connectivity index (χ0v) is 13.5. The second kappa shape index (κ2) is 6.45. The predicted molar refractivity (Wildman–Crippen MR) is 85.6 cm³/mol. The average molecular weight is 337 g/mol. The lowest BCUT2D eigenvalue weighted by atomic mass is 10.3. The maximum Gasteiger partial charge on any atom is 0.409 e. The fourth-order valence-electron chi connectivity index (χ4n) is 2.54. The molecule has 1 saturated heterocycles. The number of H-pyrrole nitrogens is 1. The number of carbonyl (C=O) groups is 2. The minimum Gasteiger partial charge on any atom is -0.450 e. The van der Waals surface area contributed by atoms with Crippen molar-refractivity contribution in [3.05, 3.63) is 29.0 Å². The normalized spacial score (nSPS) is 15.0. The highest BCUT2D eigenvalue weighted by Gasteiger charge is 2.27. The molecule has 0 unspecified atom stereocenters. The summed E-state index contributed by atoms with van der Waals surface area (Å²) in [6, 6.07) is 5.24. The summed E-state index contributed by atoms with van der Waals surface area (Å²) < 4.78 is 4.97. The average Bonchev–Trinajstić information content (AvgIpc) is 2.97. The Hall–Kier alpha value is -2.28. The molecule has 1 aliphatic rings.